The molecule has 0 bridgehead atoms. The van der Waals surface area contributed by atoms with Crippen LogP contribution >= 0.6 is 11.6 Å². The Labute approximate surface area is 169 Å². The first kappa shape index (κ1) is 19.0. The molecule has 0 amide bonds. The van der Waals surface area contributed by atoms with Crippen LogP contribution in [0.25, 0.3) is 11.0 Å². The second-order valence-electron chi connectivity index (χ2n) is 7.21. The molecule has 1 fully saturated rings. The zero-order valence-corrected chi connectivity index (χ0v) is 16.9. The third-order valence-corrected chi connectivity index (χ3v) is 5.74. The lowest BCUT2D eigenvalue weighted by molar-refractivity contribution is 0.352. The van der Waals surface area contributed by atoms with E-state index < -0.39 is 0 Å². The maximum absolute atomic E-state index is 6.16. The van der Waals surface area contributed by atoms with Gasteiger partial charge in [0, 0.05) is 35.6 Å². The van der Waals surface area contributed by atoms with Crippen molar-refractivity contribution in [3.05, 3.63) is 47.6 Å². The minimum Gasteiger partial charge on any atom is -0.491 e. The Morgan fingerprint density at radius 2 is 2.29 bits per heavy atom. The van der Waals surface area contributed by atoms with Crippen LogP contribution in [0.2, 0.25) is 5.02 Å². The van der Waals surface area contributed by atoms with E-state index >= 15 is 0 Å². The summed E-state index contributed by atoms with van der Waals surface area (Å²) in [5, 5.41) is 5.43. The Morgan fingerprint density at radius 3 is 3.14 bits per heavy atom. The Morgan fingerprint density at radius 1 is 1.39 bits per heavy atom. The van der Waals surface area contributed by atoms with Gasteiger partial charge in [0.25, 0.3) is 0 Å². The number of furan rings is 1. The smallest absolute Gasteiger partial charge is 0.179 e. The molecule has 7 heteroatoms. The van der Waals surface area contributed by atoms with Gasteiger partial charge in [0.2, 0.25) is 0 Å². The van der Waals surface area contributed by atoms with Crippen LogP contribution < -0.4 is 15.0 Å². The van der Waals surface area contributed by atoms with Crippen molar-refractivity contribution in [2.45, 2.75) is 38.3 Å². The first-order valence-corrected chi connectivity index (χ1v) is 10.0. The van der Waals surface area contributed by atoms with Crippen LogP contribution in [0, 0.1) is 0 Å². The summed E-state index contributed by atoms with van der Waals surface area (Å²) in [7, 11) is 1.66. The fraction of sp³-hybridized carbons (Fsp3) is 0.429. The number of anilines is 1. The second kappa shape index (κ2) is 8.37. The van der Waals surface area contributed by atoms with E-state index in [4.69, 9.17) is 20.8 Å². The van der Waals surface area contributed by atoms with Gasteiger partial charge in [-0.3, -0.25) is 0 Å². The molecular weight excluding hydrogens is 376 g/mol. The third-order valence-electron chi connectivity index (χ3n) is 5.51. The van der Waals surface area contributed by atoms with E-state index in [0.29, 0.717) is 12.1 Å². The maximum atomic E-state index is 6.16. The Kier molecular flexibility index (Phi) is 5.69. The molecule has 1 N–H and O–H groups in total. The number of methoxy groups -OCH3 is 1. The van der Waals surface area contributed by atoms with Gasteiger partial charge in [0.05, 0.1) is 19.6 Å². The second-order valence-corrected chi connectivity index (χ2v) is 7.65. The Bertz CT molecular complexity index is 945. The number of benzene rings is 1. The van der Waals surface area contributed by atoms with Crippen LogP contribution in [0.1, 0.15) is 25.3 Å². The molecule has 4 rings (SSSR count). The fourth-order valence-corrected chi connectivity index (χ4v) is 4.24. The van der Waals surface area contributed by atoms with E-state index in [2.05, 4.69) is 27.1 Å². The van der Waals surface area contributed by atoms with E-state index in [9.17, 15) is 0 Å². The summed E-state index contributed by atoms with van der Waals surface area (Å²) >= 11 is 6.16. The average molecular weight is 401 g/mol. The number of ether oxygens (including phenoxy) is 1. The number of aromatic nitrogens is 2. The predicted octanol–water partition coefficient (Wildman–Crippen LogP) is 4.07. The van der Waals surface area contributed by atoms with Crippen LogP contribution in [0.5, 0.6) is 5.75 Å². The minimum absolute atomic E-state index is 0.333. The van der Waals surface area contributed by atoms with Gasteiger partial charge >= 0.3 is 0 Å². The van der Waals surface area contributed by atoms with Crippen LogP contribution in [0.3, 0.4) is 0 Å². The molecule has 1 aliphatic heterocycles. The van der Waals surface area contributed by atoms with Gasteiger partial charge in [-0.25, -0.2) is 9.97 Å². The molecule has 1 aromatic carbocycles. The quantitative estimate of drug-likeness (QED) is 0.672. The molecule has 0 spiro atoms. The average Bonchev–Trinajstić information content (AvgIpc) is 3.11. The lowest BCUT2D eigenvalue weighted by Gasteiger charge is -2.41. The number of aryl methyl sites for hydroxylation is 1. The molecule has 0 saturated carbocycles. The summed E-state index contributed by atoms with van der Waals surface area (Å²) in [6, 6.07) is 6.47. The van der Waals surface area contributed by atoms with E-state index in [1.54, 1.807) is 19.6 Å². The normalized spacial score (nSPS) is 19.9. The largest absolute Gasteiger partial charge is 0.491 e. The molecule has 28 heavy (non-hydrogen) atoms. The molecule has 6 nitrogen and oxygen atoms in total. The first-order valence-electron chi connectivity index (χ1n) is 9.67. The van der Waals surface area contributed by atoms with Crippen LogP contribution in [0.15, 0.2) is 41.4 Å². The summed E-state index contributed by atoms with van der Waals surface area (Å²) in [6.07, 6.45) is 8.20. The molecule has 148 valence electrons. The number of nitrogens with zero attached hydrogens (tertiary/aromatic N) is 3. The summed E-state index contributed by atoms with van der Waals surface area (Å²) in [5.41, 5.74) is 2.10. The predicted molar refractivity (Wildman–Crippen MR) is 111 cm³/mol. The lowest BCUT2D eigenvalue weighted by Crippen LogP contribution is -2.57. The number of rotatable bonds is 6. The SMILES string of the molecule is COc1cncnc1N1CCNC(C)C1CCCc1coc2ccc(Cl)cc12. The zero-order valence-electron chi connectivity index (χ0n) is 16.2. The lowest BCUT2D eigenvalue weighted by atomic mass is 9.97. The molecular formula is C21H25ClN4O2. The van der Waals surface area contributed by atoms with Gasteiger partial charge < -0.3 is 19.4 Å². The Balaban J connectivity index is 1.49. The number of nitrogens with one attached hydrogen (secondary N) is 1. The van der Waals surface area contributed by atoms with Crippen LogP contribution in [-0.4, -0.2) is 42.3 Å². The highest BCUT2D eigenvalue weighted by Crippen LogP contribution is 2.30. The molecule has 0 radical (unpaired) electrons. The van der Waals surface area contributed by atoms with Crippen molar-refractivity contribution in [3.63, 3.8) is 0 Å². The molecule has 1 aliphatic rings. The number of piperazine rings is 1. The van der Waals surface area contributed by atoms with E-state index in [1.807, 2.05) is 24.5 Å². The molecule has 3 heterocycles. The van der Waals surface area contributed by atoms with E-state index in [-0.39, 0.29) is 0 Å². The van der Waals surface area contributed by atoms with Gasteiger partial charge in [-0.1, -0.05) is 11.6 Å². The summed E-state index contributed by atoms with van der Waals surface area (Å²) in [6.45, 7) is 4.06. The van der Waals surface area contributed by atoms with Gasteiger partial charge in [0.1, 0.15) is 11.9 Å². The summed E-state index contributed by atoms with van der Waals surface area (Å²) in [5.74, 6) is 1.59. The number of halogens is 1. The van der Waals surface area contributed by atoms with Crippen molar-refractivity contribution < 1.29 is 9.15 Å². The van der Waals surface area contributed by atoms with Gasteiger partial charge in [-0.05, 0) is 49.9 Å². The molecule has 2 aromatic heterocycles. The van der Waals surface area contributed by atoms with Gasteiger partial charge in [0.15, 0.2) is 11.6 Å². The van der Waals surface area contributed by atoms with E-state index in [1.165, 1.54) is 5.56 Å². The van der Waals surface area contributed by atoms with Gasteiger partial charge in [-0.2, -0.15) is 0 Å². The monoisotopic (exact) mass is 400 g/mol. The molecule has 3 aromatic rings. The van der Waals surface area contributed by atoms with Crippen molar-refractivity contribution in [2.75, 3.05) is 25.1 Å². The number of fused-ring (bicyclic) bond motifs is 1. The highest BCUT2D eigenvalue weighted by Gasteiger charge is 2.30. The highest BCUT2D eigenvalue weighted by molar-refractivity contribution is 6.31. The number of hydrogen-bond donors (Lipinski definition) is 1. The fourth-order valence-electron chi connectivity index (χ4n) is 4.07. The maximum Gasteiger partial charge on any atom is 0.179 e. The van der Waals surface area contributed by atoms with Crippen molar-refractivity contribution >= 4 is 28.4 Å². The topological polar surface area (TPSA) is 63.4 Å². The van der Waals surface area contributed by atoms with Crippen molar-refractivity contribution in [3.8, 4) is 5.75 Å². The van der Waals surface area contributed by atoms with E-state index in [0.717, 1.165) is 59.9 Å². The molecule has 2 unspecified atom stereocenters. The minimum atomic E-state index is 0.333. The highest BCUT2D eigenvalue weighted by atomic mass is 35.5. The third kappa shape index (κ3) is 3.80. The van der Waals surface area contributed by atoms with Crippen LogP contribution in [-0.2, 0) is 6.42 Å². The van der Waals surface area contributed by atoms with Gasteiger partial charge in [-0.15, -0.1) is 0 Å². The summed E-state index contributed by atoms with van der Waals surface area (Å²) in [4.78, 5) is 10.9. The Hall–Kier alpha value is -2.31. The van der Waals surface area contributed by atoms with Crippen molar-refractivity contribution in [1.82, 2.24) is 15.3 Å². The van der Waals surface area contributed by atoms with Crippen molar-refractivity contribution in [1.29, 1.82) is 0 Å². The van der Waals surface area contributed by atoms with Crippen molar-refractivity contribution in [2.24, 2.45) is 0 Å². The molecule has 0 aliphatic carbocycles. The van der Waals surface area contributed by atoms with Crippen LogP contribution in [0.4, 0.5) is 5.82 Å². The summed E-state index contributed by atoms with van der Waals surface area (Å²) < 4.78 is 11.2. The molecule has 1 saturated heterocycles. The first-order chi connectivity index (χ1) is 13.7. The standard InChI is InChI=1S/C21H25ClN4O2/c1-14-18(26(9-8-24-14)21-20(27-2)11-23-13-25-21)5-3-4-15-12-28-19-7-6-16(22)10-17(15)19/h6-7,10-14,18,24H,3-5,8-9H2,1-2H3. The zero-order chi connectivity index (χ0) is 19.5. The molecule has 2 atom stereocenters. The number of hydrogen-bond acceptors (Lipinski definition) is 6.